The van der Waals surface area contributed by atoms with Crippen LogP contribution in [0, 0.1) is 5.92 Å². The molecule has 0 saturated carbocycles. The molecule has 0 spiro atoms. The summed E-state index contributed by atoms with van der Waals surface area (Å²) in [6, 6.07) is -0.616. The lowest BCUT2D eigenvalue weighted by atomic mass is 9.99. The van der Waals surface area contributed by atoms with Gasteiger partial charge < -0.3 is 15.4 Å². The zero-order valence-corrected chi connectivity index (χ0v) is 14.8. The van der Waals surface area contributed by atoms with Crippen molar-refractivity contribution in [3.05, 3.63) is 0 Å². The largest absolute Gasteiger partial charge is 0.467 e. The molecule has 2 unspecified atom stereocenters. The van der Waals surface area contributed by atoms with Crippen molar-refractivity contribution in [3.63, 3.8) is 0 Å². The van der Waals surface area contributed by atoms with E-state index in [9.17, 15) is 9.59 Å². The summed E-state index contributed by atoms with van der Waals surface area (Å²) in [5.41, 5.74) is 0. The number of amides is 1. The highest BCUT2D eigenvalue weighted by Crippen LogP contribution is 2.25. The summed E-state index contributed by atoms with van der Waals surface area (Å²) in [5, 5.41) is 14.5. The first-order valence-electron chi connectivity index (χ1n) is 7.09. The van der Waals surface area contributed by atoms with Gasteiger partial charge in [-0.1, -0.05) is 43.4 Å². The van der Waals surface area contributed by atoms with Gasteiger partial charge in [-0.05, 0) is 12.8 Å². The summed E-state index contributed by atoms with van der Waals surface area (Å²) in [4.78, 5) is 23.7. The quantitative estimate of drug-likeness (QED) is 0.520. The Balaban J connectivity index is 2.50. The average Bonchev–Trinajstić information content (AvgIpc) is 2.97. The molecule has 1 amide bonds. The van der Waals surface area contributed by atoms with E-state index in [4.69, 9.17) is 4.74 Å². The lowest BCUT2D eigenvalue weighted by molar-refractivity contribution is -0.146. The van der Waals surface area contributed by atoms with Crippen LogP contribution in [-0.4, -0.2) is 47.5 Å². The van der Waals surface area contributed by atoms with Gasteiger partial charge in [0.2, 0.25) is 11.0 Å². The normalized spacial score (nSPS) is 13.3. The number of hydrogen-bond acceptors (Lipinski definition) is 8. The Hall–Kier alpha value is -1.35. The number of nitrogens with zero attached hydrogens (tertiary/aromatic N) is 2. The number of ether oxygens (including phenoxy) is 1. The summed E-state index contributed by atoms with van der Waals surface area (Å²) < 4.78 is 5.45. The van der Waals surface area contributed by atoms with E-state index in [2.05, 4.69) is 20.8 Å². The molecule has 0 fully saturated rings. The van der Waals surface area contributed by atoms with Crippen molar-refractivity contribution in [2.24, 2.45) is 5.92 Å². The van der Waals surface area contributed by atoms with E-state index < -0.39 is 12.0 Å². The highest BCUT2D eigenvalue weighted by atomic mass is 32.2. The molecule has 2 atom stereocenters. The molecule has 0 saturated heterocycles. The van der Waals surface area contributed by atoms with Crippen molar-refractivity contribution in [3.8, 4) is 0 Å². The minimum absolute atomic E-state index is 0.0169. The molecule has 0 aliphatic carbocycles. The number of carbonyl (C=O) groups excluding carboxylic acids is 2. The summed E-state index contributed by atoms with van der Waals surface area (Å²) in [7, 11) is 1.32. The number of carbonyl (C=O) groups is 2. The molecular weight excluding hydrogens is 324 g/mol. The maximum Gasteiger partial charge on any atom is 0.328 e. The van der Waals surface area contributed by atoms with Gasteiger partial charge in [-0.3, -0.25) is 4.79 Å². The van der Waals surface area contributed by atoms with E-state index in [-0.39, 0.29) is 17.6 Å². The standard InChI is InChI=1S/C13H22N4O3S2/c1-5-8(3)10(11(19)20-4)15-9(18)7-21-13-17-16-12(22-13)14-6-2/h8,10H,5-7H2,1-4H3,(H,14,16)(H,15,18). The number of anilines is 1. The van der Waals surface area contributed by atoms with Crippen molar-refractivity contribution >= 4 is 40.1 Å². The third-order valence-electron chi connectivity index (χ3n) is 3.05. The van der Waals surface area contributed by atoms with Crippen LogP contribution in [0.2, 0.25) is 0 Å². The van der Waals surface area contributed by atoms with Crippen LogP contribution < -0.4 is 10.6 Å². The second-order valence-electron chi connectivity index (χ2n) is 4.65. The van der Waals surface area contributed by atoms with Crippen molar-refractivity contribution in [2.45, 2.75) is 37.6 Å². The first-order valence-corrected chi connectivity index (χ1v) is 8.89. The van der Waals surface area contributed by atoms with E-state index in [0.29, 0.717) is 4.34 Å². The van der Waals surface area contributed by atoms with Gasteiger partial charge in [0.05, 0.1) is 12.9 Å². The van der Waals surface area contributed by atoms with Gasteiger partial charge in [0.25, 0.3) is 0 Å². The second kappa shape index (κ2) is 9.62. The molecule has 1 rings (SSSR count). The van der Waals surface area contributed by atoms with Crippen LogP contribution in [-0.2, 0) is 14.3 Å². The Morgan fingerprint density at radius 1 is 1.36 bits per heavy atom. The fourth-order valence-corrected chi connectivity index (χ4v) is 3.26. The van der Waals surface area contributed by atoms with Crippen molar-refractivity contribution in [1.29, 1.82) is 0 Å². The molecule has 0 aromatic carbocycles. The number of aromatic nitrogens is 2. The molecule has 0 bridgehead atoms. The van der Waals surface area contributed by atoms with Gasteiger partial charge in [0, 0.05) is 6.54 Å². The summed E-state index contributed by atoms with van der Waals surface area (Å²) in [5.74, 6) is -0.438. The second-order valence-corrected chi connectivity index (χ2v) is 6.85. The maximum atomic E-state index is 12.0. The third kappa shape index (κ3) is 5.80. The molecule has 0 aliphatic rings. The minimum atomic E-state index is -0.616. The van der Waals surface area contributed by atoms with Gasteiger partial charge in [-0.15, -0.1) is 10.2 Å². The number of thioether (sulfide) groups is 1. The van der Waals surface area contributed by atoms with Crippen molar-refractivity contribution in [1.82, 2.24) is 15.5 Å². The Kier molecular flexibility index (Phi) is 8.18. The molecule has 0 aliphatic heterocycles. The minimum Gasteiger partial charge on any atom is -0.467 e. The molecule has 2 N–H and O–H groups in total. The van der Waals surface area contributed by atoms with E-state index in [1.165, 1.54) is 30.2 Å². The van der Waals surface area contributed by atoms with Crippen LogP contribution in [0.1, 0.15) is 27.2 Å². The van der Waals surface area contributed by atoms with E-state index in [1.807, 2.05) is 20.8 Å². The zero-order valence-electron chi connectivity index (χ0n) is 13.2. The monoisotopic (exact) mass is 346 g/mol. The van der Waals surface area contributed by atoms with Crippen LogP contribution in [0.15, 0.2) is 4.34 Å². The highest BCUT2D eigenvalue weighted by molar-refractivity contribution is 8.01. The summed E-state index contributed by atoms with van der Waals surface area (Å²) >= 11 is 2.69. The molecule has 22 heavy (non-hydrogen) atoms. The number of esters is 1. The smallest absolute Gasteiger partial charge is 0.328 e. The van der Waals surface area contributed by atoms with Gasteiger partial charge >= 0.3 is 5.97 Å². The van der Waals surface area contributed by atoms with Crippen LogP contribution in [0.25, 0.3) is 0 Å². The Morgan fingerprint density at radius 3 is 2.68 bits per heavy atom. The molecule has 7 nitrogen and oxygen atoms in total. The summed E-state index contributed by atoms with van der Waals surface area (Å²) in [6.45, 7) is 6.62. The average molecular weight is 346 g/mol. The van der Waals surface area contributed by atoms with Gasteiger partial charge in [0.1, 0.15) is 6.04 Å². The van der Waals surface area contributed by atoms with E-state index in [0.717, 1.165) is 18.1 Å². The van der Waals surface area contributed by atoms with Crippen LogP contribution in [0.5, 0.6) is 0 Å². The highest BCUT2D eigenvalue weighted by Gasteiger charge is 2.26. The number of rotatable bonds is 9. The first kappa shape index (κ1) is 18.7. The molecule has 124 valence electrons. The fraction of sp³-hybridized carbons (Fsp3) is 0.692. The lowest BCUT2D eigenvalue weighted by Gasteiger charge is -2.21. The predicted molar refractivity (Wildman–Crippen MR) is 88.2 cm³/mol. The Morgan fingerprint density at radius 2 is 2.09 bits per heavy atom. The maximum absolute atomic E-state index is 12.0. The third-order valence-corrected chi connectivity index (χ3v) is 5.06. The predicted octanol–water partition coefficient (Wildman–Crippen LogP) is 1.77. The molecular formula is C13H22N4O3S2. The van der Waals surface area contributed by atoms with Gasteiger partial charge in [0.15, 0.2) is 4.34 Å². The SMILES string of the molecule is CCNc1nnc(SCC(=O)NC(C(=O)OC)C(C)CC)s1. The van der Waals surface area contributed by atoms with Crippen molar-refractivity contribution in [2.75, 3.05) is 24.7 Å². The summed E-state index contributed by atoms with van der Waals surface area (Å²) in [6.07, 6.45) is 0.773. The van der Waals surface area contributed by atoms with Crippen LogP contribution >= 0.6 is 23.1 Å². The molecule has 9 heteroatoms. The van der Waals surface area contributed by atoms with Gasteiger partial charge in [-0.25, -0.2) is 4.79 Å². The molecule has 1 aromatic rings. The Bertz CT molecular complexity index is 495. The Labute approximate surface area is 138 Å². The lowest BCUT2D eigenvalue weighted by Crippen LogP contribution is -2.46. The van der Waals surface area contributed by atoms with Crippen molar-refractivity contribution < 1.29 is 14.3 Å². The molecule has 1 heterocycles. The van der Waals surface area contributed by atoms with E-state index in [1.54, 1.807) is 0 Å². The number of methoxy groups -OCH3 is 1. The van der Waals surface area contributed by atoms with E-state index >= 15 is 0 Å². The number of hydrogen-bond donors (Lipinski definition) is 2. The van der Waals surface area contributed by atoms with Crippen LogP contribution in [0.3, 0.4) is 0 Å². The molecule has 0 radical (unpaired) electrons. The zero-order chi connectivity index (χ0) is 16.5. The molecule has 1 aromatic heterocycles. The number of nitrogens with one attached hydrogen (secondary N) is 2. The topological polar surface area (TPSA) is 93.2 Å². The fourth-order valence-electron chi connectivity index (χ4n) is 1.63. The first-order chi connectivity index (χ1) is 10.5. The van der Waals surface area contributed by atoms with Gasteiger partial charge in [-0.2, -0.15) is 0 Å². The van der Waals surface area contributed by atoms with Crippen LogP contribution in [0.4, 0.5) is 5.13 Å².